The van der Waals surface area contributed by atoms with Crippen LogP contribution in [0, 0.1) is 6.92 Å². The molecule has 0 amide bonds. The molecule has 0 aliphatic heterocycles. The number of ether oxygens (including phenoxy) is 1. The van der Waals surface area contributed by atoms with Crippen LogP contribution in [0.25, 0.3) is 0 Å². The van der Waals surface area contributed by atoms with Gasteiger partial charge in [-0.1, -0.05) is 22.0 Å². The highest BCUT2D eigenvalue weighted by Crippen LogP contribution is 2.15. The molecular formula is C13H20BrNO2. The van der Waals surface area contributed by atoms with Crippen molar-refractivity contribution in [3.05, 3.63) is 33.8 Å². The quantitative estimate of drug-likeness (QED) is 0.724. The van der Waals surface area contributed by atoms with Crippen molar-refractivity contribution in [1.29, 1.82) is 0 Å². The Balaban J connectivity index is 2.14. The molecule has 0 spiro atoms. The molecule has 0 aliphatic rings. The van der Waals surface area contributed by atoms with E-state index in [0.29, 0.717) is 13.2 Å². The van der Waals surface area contributed by atoms with Gasteiger partial charge in [-0.05, 0) is 43.1 Å². The van der Waals surface area contributed by atoms with E-state index < -0.39 is 0 Å². The number of benzene rings is 1. The smallest absolute Gasteiger partial charge is 0.0697 e. The highest BCUT2D eigenvalue weighted by Gasteiger charge is 1.98. The first kappa shape index (κ1) is 14.6. The molecule has 0 bridgehead atoms. The zero-order chi connectivity index (χ0) is 12.5. The molecule has 0 unspecified atom stereocenters. The third kappa shape index (κ3) is 6.17. The molecule has 17 heavy (non-hydrogen) atoms. The monoisotopic (exact) mass is 301 g/mol. The third-order valence-electron chi connectivity index (χ3n) is 2.50. The van der Waals surface area contributed by atoms with E-state index in [1.54, 1.807) is 0 Å². The van der Waals surface area contributed by atoms with E-state index in [1.807, 2.05) is 0 Å². The Morgan fingerprint density at radius 1 is 1.35 bits per heavy atom. The number of aliphatic hydroxyl groups is 1. The third-order valence-corrected chi connectivity index (χ3v) is 2.99. The predicted molar refractivity (Wildman–Crippen MR) is 73.1 cm³/mol. The fourth-order valence-corrected chi connectivity index (χ4v) is 2.02. The summed E-state index contributed by atoms with van der Waals surface area (Å²) in [5, 5.41) is 11.9. The van der Waals surface area contributed by atoms with Crippen molar-refractivity contribution in [2.75, 3.05) is 26.4 Å². The van der Waals surface area contributed by atoms with Crippen LogP contribution < -0.4 is 5.32 Å². The van der Waals surface area contributed by atoms with Crippen molar-refractivity contribution in [3.63, 3.8) is 0 Å². The van der Waals surface area contributed by atoms with Crippen LogP contribution in [0.5, 0.6) is 0 Å². The second-order valence-corrected chi connectivity index (χ2v) is 4.85. The van der Waals surface area contributed by atoms with Crippen LogP contribution in [0.3, 0.4) is 0 Å². The SMILES string of the molecule is Cc1cc(Br)ccc1CNCCCOCCO. The highest BCUT2D eigenvalue weighted by molar-refractivity contribution is 9.10. The number of halogens is 1. The summed E-state index contributed by atoms with van der Waals surface area (Å²) in [6.45, 7) is 5.18. The second kappa shape index (κ2) is 8.64. The van der Waals surface area contributed by atoms with Gasteiger partial charge < -0.3 is 15.2 Å². The topological polar surface area (TPSA) is 41.5 Å². The van der Waals surface area contributed by atoms with E-state index in [9.17, 15) is 0 Å². The van der Waals surface area contributed by atoms with Crippen LogP contribution >= 0.6 is 15.9 Å². The highest BCUT2D eigenvalue weighted by atomic mass is 79.9. The number of rotatable bonds is 8. The molecule has 1 rings (SSSR count). The molecule has 4 heteroatoms. The maximum Gasteiger partial charge on any atom is 0.0697 e. The number of aliphatic hydroxyl groups excluding tert-OH is 1. The van der Waals surface area contributed by atoms with Gasteiger partial charge >= 0.3 is 0 Å². The summed E-state index contributed by atoms with van der Waals surface area (Å²) in [6, 6.07) is 6.32. The molecule has 0 heterocycles. The first-order valence-corrected chi connectivity index (χ1v) is 6.67. The Kier molecular flexibility index (Phi) is 7.44. The van der Waals surface area contributed by atoms with Gasteiger partial charge in [0, 0.05) is 17.6 Å². The maximum absolute atomic E-state index is 8.53. The lowest BCUT2D eigenvalue weighted by molar-refractivity contribution is 0.0907. The fraction of sp³-hybridized carbons (Fsp3) is 0.538. The number of nitrogens with one attached hydrogen (secondary N) is 1. The van der Waals surface area contributed by atoms with Gasteiger partial charge in [0.2, 0.25) is 0 Å². The Morgan fingerprint density at radius 2 is 2.18 bits per heavy atom. The number of hydrogen-bond donors (Lipinski definition) is 2. The summed E-state index contributed by atoms with van der Waals surface area (Å²) in [7, 11) is 0. The average Bonchev–Trinajstić information content (AvgIpc) is 2.30. The molecule has 0 saturated carbocycles. The van der Waals surface area contributed by atoms with Crippen molar-refractivity contribution < 1.29 is 9.84 Å². The zero-order valence-electron chi connectivity index (χ0n) is 10.2. The van der Waals surface area contributed by atoms with Crippen LogP contribution in [0.2, 0.25) is 0 Å². The Morgan fingerprint density at radius 3 is 2.88 bits per heavy atom. The van der Waals surface area contributed by atoms with E-state index >= 15 is 0 Å². The van der Waals surface area contributed by atoms with E-state index in [2.05, 4.69) is 46.4 Å². The molecule has 2 N–H and O–H groups in total. The van der Waals surface area contributed by atoms with Gasteiger partial charge in [-0.2, -0.15) is 0 Å². The molecule has 0 aliphatic carbocycles. The van der Waals surface area contributed by atoms with Crippen LogP contribution in [-0.2, 0) is 11.3 Å². The Bertz CT molecular complexity index is 331. The molecule has 1 aromatic rings. The molecule has 0 atom stereocenters. The molecule has 1 aromatic carbocycles. The van der Waals surface area contributed by atoms with Crippen molar-refractivity contribution >= 4 is 15.9 Å². The molecule has 3 nitrogen and oxygen atoms in total. The lowest BCUT2D eigenvalue weighted by Gasteiger charge is -2.08. The maximum atomic E-state index is 8.53. The number of aryl methyl sites for hydroxylation is 1. The summed E-state index contributed by atoms with van der Waals surface area (Å²) in [5.41, 5.74) is 2.62. The molecular weight excluding hydrogens is 282 g/mol. The van der Waals surface area contributed by atoms with Crippen LogP contribution in [-0.4, -0.2) is 31.5 Å². The summed E-state index contributed by atoms with van der Waals surface area (Å²) >= 11 is 3.46. The van der Waals surface area contributed by atoms with Gasteiger partial charge in [0.1, 0.15) is 0 Å². The molecule has 0 aromatic heterocycles. The van der Waals surface area contributed by atoms with Crippen LogP contribution in [0.4, 0.5) is 0 Å². The Hall–Kier alpha value is -0.420. The lowest BCUT2D eigenvalue weighted by Crippen LogP contribution is -2.17. The van der Waals surface area contributed by atoms with Crippen LogP contribution in [0.1, 0.15) is 17.5 Å². The zero-order valence-corrected chi connectivity index (χ0v) is 11.8. The fourth-order valence-electron chi connectivity index (χ4n) is 1.55. The van der Waals surface area contributed by atoms with Gasteiger partial charge in [-0.3, -0.25) is 0 Å². The van der Waals surface area contributed by atoms with E-state index in [-0.39, 0.29) is 6.61 Å². The standard InChI is InChI=1S/C13H20BrNO2/c1-11-9-13(14)4-3-12(11)10-15-5-2-7-17-8-6-16/h3-4,9,15-16H,2,5-8,10H2,1H3. The summed E-state index contributed by atoms with van der Waals surface area (Å²) in [6.07, 6.45) is 0.968. The van der Waals surface area contributed by atoms with Gasteiger partial charge in [0.05, 0.1) is 13.2 Å². The first-order chi connectivity index (χ1) is 8.24. The van der Waals surface area contributed by atoms with E-state index in [4.69, 9.17) is 9.84 Å². The summed E-state index contributed by atoms with van der Waals surface area (Å²) < 4.78 is 6.30. The minimum atomic E-state index is 0.103. The van der Waals surface area contributed by atoms with Crippen molar-refractivity contribution in [2.24, 2.45) is 0 Å². The predicted octanol–water partition coefficient (Wildman–Crippen LogP) is 2.25. The largest absolute Gasteiger partial charge is 0.394 e. The molecule has 96 valence electrons. The minimum Gasteiger partial charge on any atom is -0.394 e. The average molecular weight is 302 g/mol. The Labute approximate surface area is 111 Å². The number of hydrogen-bond acceptors (Lipinski definition) is 3. The molecule has 0 saturated heterocycles. The molecule has 0 radical (unpaired) electrons. The lowest BCUT2D eigenvalue weighted by atomic mass is 10.1. The van der Waals surface area contributed by atoms with E-state index in [0.717, 1.165) is 24.0 Å². The van der Waals surface area contributed by atoms with E-state index in [1.165, 1.54) is 11.1 Å². The van der Waals surface area contributed by atoms with Crippen LogP contribution in [0.15, 0.2) is 22.7 Å². The van der Waals surface area contributed by atoms with Gasteiger partial charge in [0.15, 0.2) is 0 Å². The van der Waals surface area contributed by atoms with Gasteiger partial charge in [-0.25, -0.2) is 0 Å². The van der Waals surface area contributed by atoms with Gasteiger partial charge in [-0.15, -0.1) is 0 Å². The molecule has 0 fully saturated rings. The first-order valence-electron chi connectivity index (χ1n) is 5.88. The second-order valence-electron chi connectivity index (χ2n) is 3.94. The minimum absolute atomic E-state index is 0.103. The van der Waals surface area contributed by atoms with Crippen molar-refractivity contribution in [2.45, 2.75) is 19.9 Å². The van der Waals surface area contributed by atoms with Crippen molar-refractivity contribution in [3.8, 4) is 0 Å². The normalized spacial score (nSPS) is 10.8. The summed E-state index contributed by atoms with van der Waals surface area (Å²) in [5.74, 6) is 0. The van der Waals surface area contributed by atoms with Gasteiger partial charge in [0.25, 0.3) is 0 Å². The van der Waals surface area contributed by atoms with Crippen molar-refractivity contribution in [1.82, 2.24) is 5.32 Å². The summed E-state index contributed by atoms with van der Waals surface area (Å²) in [4.78, 5) is 0.